The van der Waals surface area contributed by atoms with Crippen molar-refractivity contribution in [2.75, 3.05) is 17.7 Å². The van der Waals surface area contributed by atoms with Gasteiger partial charge in [0.2, 0.25) is 0 Å². The van der Waals surface area contributed by atoms with Crippen molar-refractivity contribution in [1.29, 1.82) is 0 Å². The molecular formula is C21H18ClFN4O3. The third-order valence-corrected chi connectivity index (χ3v) is 4.17. The number of hydrogen-bond donors (Lipinski definition) is 3. The molecule has 3 aromatic rings. The van der Waals surface area contributed by atoms with Gasteiger partial charge in [-0.15, -0.1) is 0 Å². The van der Waals surface area contributed by atoms with Gasteiger partial charge in [0, 0.05) is 36.1 Å². The molecule has 2 aromatic carbocycles. The van der Waals surface area contributed by atoms with Crippen molar-refractivity contribution in [1.82, 2.24) is 10.3 Å². The summed E-state index contributed by atoms with van der Waals surface area (Å²) in [4.78, 5) is 27.9. The highest BCUT2D eigenvalue weighted by Gasteiger charge is 2.11. The van der Waals surface area contributed by atoms with Crippen LogP contribution in [0.5, 0.6) is 11.5 Å². The normalized spacial score (nSPS) is 11.7. The van der Waals surface area contributed by atoms with E-state index in [0.29, 0.717) is 0 Å². The first-order valence-electron chi connectivity index (χ1n) is 10.1. The van der Waals surface area contributed by atoms with Crippen LogP contribution in [0.1, 0.15) is 20.2 Å². The second kappa shape index (κ2) is 9.23. The number of pyridine rings is 1. The fourth-order valence-electron chi connectivity index (χ4n) is 2.34. The van der Waals surface area contributed by atoms with Gasteiger partial charge in [0.05, 0.1) is 9.80 Å². The predicted molar refractivity (Wildman–Crippen MR) is 113 cm³/mol. The van der Waals surface area contributed by atoms with E-state index in [1.807, 2.05) is 0 Å². The van der Waals surface area contributed by atoms with Gasteiger partial charge in [-0.2, -0.15) is 0 Å². The first-order chi connectivity index (χ1) is 15.6. The Labute approximate surface area is 181 Å². The molecule has 0 aliphatic heterocycles. The highest BCUT2D eigenvalue weighted by atomic mass is 35.5. The summed E-state index contributed by atoms with van der Waals surface area (Å²) in [5.41, 5.74) is -0.0441. The van der Waals surface area contributed by atoms with Crippen LogP contribution in [0.2, 0.25) is 5.02 Å². The lowest BCUT2D eigenvalue weighted by Gasteiger charge is -2.11. The predicted octanol–water partition coefficient (Wildman–Crippen LogP) is 4.98. The van der Waals surface area contributed by atoms with E-state index in [4.69, 9.17) is 20.5 Å². The number of carbonyl (C=O) groups excluding carboxylic acids is 2. The highest BCUT2D eigenvalue weighted by molar-refractivity contribution is 6.31. The third-order valence-electron chi connectivity index (χ3n) is 3.79. The van der Waals surface area contributed by atoms with Gasteiger partial charge in [-0.05, 0) is 48.8 Å². The number of hydrogen-bond acceptors (Lipinski definition) is 4. The van der Waals surface area contributed by atoms with Gasteiger partial charge in [-0.1, -0.05) is 11.6 Å². The van der Waals surface area contributed by atoms with Gasteiger partial charge >= 0.3 is 6.03 Å². The topological polar surface area (TPSA) is 92.3 Å². The summed E-state index contributed by atoms with van der Waals surface area (Å²) in [6, 6.07) is 4.71. The smallest absolute Gasteiger partial charge is 0.323 e. The molecule has 0 atom stereocenters. The molecule has 9 heteroatoms. The maximum Gasteiger partial charge on any atom is 0.323 e. The van der Waals surface area contributed by atoms with Crippen molar-refractivity contribution < 1.29 is 22.8 Å². The maximum absolute atomic E-state index is 14.5. The van der Waals surface area contributed by atoms with Gasteiger partial charge in [0.15, 0.2) is 0 Å². The highest BCUT2D eigenvalue weighted by Crippen LogP contribution is 2.26. The second-order valence-electron chi connectivity index (χ2n) is 5.97. The number of carbonyl (C=O) groups is 2. The van der Waals surface area contributed by atoms with Crippen LogP contribution in [0, 0.1) is 12.7 Å². The second-order valence-corrected chi connectivity index (χ2v) is 6.35. The molecule has 0 aliphatic carbocycles. The van der Waals surface area contributed by atoms with E-state index in [2.05, 4.69) is 20.9 Å². The van der Waals surface area contributed by atoms with E-state index in [1.54, 1.807) is 0 Å². The number of ether oxygens (including phenoxy) is 1. The monoisotopic (exact) mass is 431 g/mol. The summed E-state index contributed by atoms with van der Waals surface area (Å²) >= 11 is 5.91. The zero-order valence-electron chi connectivity index (χ0n) is 18.9. The molecular weight excluding hydrogens is 411 g/mol. The molecule has 0 saturated heterocycles. The number of aromatic nitrogens is 1. The van der Waals surface area contributed by atoms with E-state index in [0.717, 1.165) is 6.07 Å². The van der Waals surface area contributed by atoms with Crippen LogP contribution in [-0.4, -0.2) is 24.0 Å². The minimum Gasteiger partial charge on any atom is -0.457 e. The van der Waals surface area contributed by atoms with E-state index in [-0.39, 0.29) is 51.2 Å². The average Bonchev–Trinajstić information content (AvgIpc) is 2.80. The molecule has 0 unspecified atom stereocenters. The molecule has 0 bridgehead atoms. The molecule has 3 rings (SSSR count). The maximum atomic E-state index is 14.5. The molecule has 0 radical (unpaired) electrons. The van der Waals surface area contributed by atoms with Gasteiger partial charge in [0.1, 0.15) is 23.0 Å². The van der Waals surface area contributed by atoms with Crippen LogP contribution >= 0.6 is 11.6 Å². The fraction of sp³-hybridized carbons (Fsp3) is 0.0952. The Morgan fingerprint density at radius 1 is 1.17 bits per heavy atom. The summed E-state index contributed by atoms with van der Waals surface area (Å²) < 4.78 is 43.8. The zero-order chi connectivity index (χ0) is 24.3. The van der Waals surface area contributed by atoms with Crippen molar-refractivity contribution in [2.45, 2.75) is 6.92 Å². The molecule has 0 fully saturated rings. The van der Waals surface area contributed by atoms with Crippen molar-refractivity contribution in [2.24, 2.45) is 0 Å². The number of amides is 3. The van der Waals surface area contributed by atoms with Crippen LogP contribution in [0.4, 0.5) is 20.6 Å². The molecule has 0 spiro atoms. The molecule has 0 saturated carbocycles. The largest absolute Gasteiger partial charge is 0.457 e. The molecule has 30 heavy (non-hydrogen) atoms. The van der Waals surface area contributed by atoms with Crippen molar-refractivity contribution >= 4 is 34.9 Å². The van der Waals surface area contributed by atoms with Crippen LogP contribution in [-0.2, 0) is 0 Å². The average molecular weight is 432 g/mol. The summed E-state index contributed by atoms with van der Waals surface area (Å²) in [5.74, 6) is -0.843. The Morgan fingerprint density at radius 3 is 2.67 bits per heavy atom. The summed E-state index contributed by atoms with van der Waals surface area (Å²) in [7, 11) is 1.46. The van der Waals surface area contributed by atoms with Crippen LogP contribution in [0.25, 0.3) is 0 Å². The number of benzene rings is 2. The molecule has 154 valence electrons. The molecule has 7 nitrogen and oxygen atoms in total. The van der Waals surface area contributed by atoms with Crippen LogP contribution < -0.4 is 20.7 Å². The Kier molecular flexibility index (Phi) is 5.30. The Hall–Kier alpha value is -3.65. The number of anilines is 2. The summed E-state index contributed by atoms with van der Waals surface area (Å²) in [5, 5.41) is 6.97. The Morgan fingerprint density at radius 2 is 1.93 bits per heavy atom. The molecule has 1 heterocycles. The van der Waals surface area contributed by atoms with E-state index >= 15 is 0 Å². The first-order valence-corrected chi connectivity index (χ1v) is 8.99. The minimum absolute atomic E-state index is 0.0470. The zero-order valence-corrected chi connectivity index (χ0v) is 16.6. The van der Waals surface area contributed by atoms with E-state index < -0.39 is 23.8 Å². The van der Waals surface area contributed by atoms with Crippen molar-refractivity contribution in [3.8, 4) is 11.5 Å². The van der Waals surface area contributed by atoms with Crippen LogP contribution in [0.3, 0.4) is 0 Å². The third kappa shape index (κ3) is 5.24. The lowest BCUT2D eigenvalue weighted by molar-refractivity contribution is 0.0958. The summed E-state index contributed by atoms with van der Waals surface area (Å²) in [6.07, 6.45) is 1.37. The molecule has 3 N–H and O–H groups in total. The van der Waals surface area contributed by atoms with Gasteiger partial charge < -0.3 is 20.7 Å². The fourth-order valence-corrected chi connectivity index (χ4v) is 2.43. The van der Waals surface area contributed by atoms with Crippen LogP contribution in [0.15, 0.2) is 54.7 Å². The Bertz CT molecular complexity index is 1230. The first kappa shape index (κ1) is 17.2. The number of rotatable bonds is 5. The van der Waals surface area contributed by atoms with Gasteiger partial charge in [-0.3, -0.25) is 9.78 Å². The van der Waals surface area contributed by atoms with E-state index in [9.17, 15) is 14.0 Å². The SMILES string of the molecule is [2H]c1c([2H])c(NC(=O)Nc2ccc(Oc3ccnc(C(=O)NC)c3)cc2F)c([2H])c(C)c1Cl. The van der Waals surface area contributed by atoms with Gasteiger partial charge in [0.25, 0.3) is 5.91 Å². The minimum atomic E-state index is -0.907. The lowest BCUT2D eigenvalue weighted by atomic mass is 10.2. The molecule has 3 amide bonds. The summed E-state index contributed by atoms with van der Waals surface area (Å²) in [6.45, 7) is 1.49. The number of nitrogens with one attached hydrogen (secondary N) is 3. The number of halogens is 2. The van der Waals surface area contributed by atoms with E-state index in [1.165, 1.54) is 44.4 Å². The van der Waals surface area contributed by atoms with Crippen molar-refractivity contribution in [3.05, 3.63) is 76.8 Å². The molecule has 1 aromatic heterocycles. The lowest BCUT2D eigenvalue weighted by Crippen LogP contribution is -2.20. The molecule has 0 aliphatic rings. The van der Waals surface area contributed by atoms with Crippen molar-refractivity contribution in [3.63, 3.8) is 0 Å². The van der Waals surface area contributed by atoms with Gasteiger partial charge in [-0.25, -0.2) is 9.18 Å². The Balaban J connectivity index is 1.74. The standard InChI is InChI=1S/C21H18ClFN4O3/c1-12-9-13(3-5-16(12)22)26-21(29)27-18-6-4-14(10-17(18)23)30-15-7-8-25-19(11-15)20(28)24-2/h3-11H,1-2H3,(H,24,28)(H2,26,27,29)/i3D,5D,9D. The number of urea groups is 1. The number of nitrogens with zero attached hydrogens (tertiary/aromatic N) is 1. The quantitative estimate of drug-likeness (QED) is 0.531.